The first-order chi connectivity index (χ1) is 8.24. The van der Waals surface area contributed by atoms with Gasteiger partial charge in [-0.1, -0.05) is 22.0 Å². The van der Waals surface area contributed by atoms with Gasteiger partial charge in [0.1, 0.15) is 0 Å². The minimum atomic E-state index is 0.422. The highest BCUT2D eigenvalue weighted by Crippen LogP contribution is 2.31. The highest BCUT2D eigenvalue weighted by Gasteiger charge is 2.29. The molecule has 0 atom stereocenters. The summed E-state index contributed by atoms with van der Waals surface area (Å²) in [5.74, 6) is 0. The van der Waals surface area contributed by atoms with E-state index in [-0.39, 0.29) is 0 Å². The molecule has 17 heavy (non-hydrogen) atoms. The van der Waals surface area contributed by atoms with E-state index in [0.29, 0.717) is 18.8 Å². The van der Waals surface area contributed by atoms with Crippen molar-refractivity contribution in [3.05, 3.63) is 28.2 Å². The van der Waals surface area contributed by atoms with Crippen molar-refractivity contribution in [2.75, 3.05) is 19.5 Å². The Morgan fingerprint density at radius 1 is 1.35 bits per heavy atom. The fourth-order valence-electron chi connectivity index (χ4n) is 2.08. The Morgan fingerprint density at radius 3 is 2.76 bits per heavy atom. The summed E-state index contributed by atoms with van der Waals surface area (Å²) < 4.78 is 11.6. The molecule has 0 amide bonds. The Balaban J connectivity index is 2.03. The van der Waals surface area contributed by atoms with E-state index in [1.54, 1.807) is 14.2 Å². The Labute approximate surface area is 111 Å². The van der Waals surface area contributed by atoms with Crippen LogP contribution in [0.5, 0.6) is 0 Å². The van der Waals surface area contributed by atoms with Gasteiger partial charge in [0, 0.05) is 36.0 Å². The molecule has 0 spiro atoms. The summed E-state index contributed by atoms with van der Waals surface area (Å²) in [6.07, 6.45) is 2.58. The minimum absolute atomic E-state index is 0.422. The summed E-state index contributed by atoms with van der Waals surface area (Å²) in [5.41, 5.74) is 2.33. The molecular formula is C13H18BrNO2. The molecule has 2 rings (SSSR count). The maximum Gasteiger partial charge on any atom is 0.0744 e. The SMILES string of the molecule is COCc1c(Br)cccc1NC1CC(OC)C1. The third-order valence-corrected chi connectivity index (χ3v) is 3.94. The van der Waals surface area contributed by atoms with Gasteiger partial charge in [-0.15, -0.1) is 0 Å². The molecule has 1 fully saturated rings. The Hall–Kier alpha value is -0.580. The van der Waals surface area contributed by atoms with Crippen LogP contribution < -0.4 is 5.32 Å². The highest BCUT2D eigenvalue weighted by molar-refractivity contribution is 9.10. The van der Waals surface area contributed by atoms with Crippen LogP contribution in [0.3, 0.4) is 0 Å². The molecule has 0 unspecified atom stereocenters. The van der Waals surface area contributed by atoms with Gasteiger partial charge in [0.2, 0.25) is 0 Å². The first kappa shape index (κ1) is 12.9. The fraction of sp³-hybridized carbons (Fsp3) is 0.538. The van der Waals surface area contributed by atoms with Crippen LogP contribution in [0.15, 0.2) is 22.7 Å². The lowest BCUT2D eigenvalue weighted by atomic mass is 9.89. The molecule has 4 heteroatoms. The summed E-state index contributed by atoms with van der Waals surface area (Å²) >= 11 is 3.56. The molecule has 0 saturated heterocycles. The van der Waals surface area contributed by atoms with Gasteiger partial charge in [-0.25, -0.2) is 0 Å². The number of hydrogen-bond donors (Lipinski definition) is 1. The monoisotopic (exact) mass is 299 g/mol. The van der Waals surface area contributed by atoms with E-state index in [2.05, 4.69) is 27.3 Å². The highest BCUT2D eigenvalue weighted by atomic mass is 79.9. The zero-order valence-corrected chi connectivity index (χ0v) is 11.8. The van der Waals surface area contributed by atoms with Crippen molar-refractivity contribution in [3.8, 4) is 0 Å². The predicted molar refractivity (Wildman–Crippen MR) is 72.3 cm³/mol. The van der Waals surface area contributed by atoms with E-state index in [0.717, 1.165) is 23.0 Å². The van der Waals surface area contributed by atoms with Crippen molar-refractivity contribution in [2.45, 2.75) is 31.6 Å². The number of rotatable bonds is 5. The minimum Gasteiger partial charge on any atom is -0.382 e. The first-order valence-corrected chi connectivity index (χ1v) is 6.59. The third-order valence-electron chi connectivity index (χ3n) is 3.20. The van der Waals surface area contributed by atoms with Gasteiger partial charge in [-0.2, -0.15) is 0 Å². The molecule has 94 valence electrons. The first-order valence-electron chi connectivity index (χ1n) is 5.80. The van der Waals surface area contributed by atoms with Crippen LogP contribution in [0.2, 0.25) is 0 Å². The van der Waals surface area contributed by atoms with Crippen LogP contribution in [0, 0.1) is 0 Å². The normalized spacial score (nSPS) is 23.2. The van der Waals surface area contributed by atoms with Crippen molar-refractivity contribution < 1.29 is 9.47 Å². The second-order valence-electron chi connectivity index (χ2n) is 4.37. The van der Waals surface area contributed by atoms with Gasteiger partial charge in [0.15, 0.2) is 0 Å². The molecule has 1 aromatic carbocycles. The number of halogens is 1. The number of hydrogen-bond acceptors (Lipinski definition) is 3. The van der Waals surface area contributed by atoms with Gasteiger partial charge in [-0.05, 0) is 25.0 Å². The van der Waals surface area contributed by atoms with Gasteiger partial charge in [0.05, 0.1) is 12.7 Å². The van der Waals surface area contributed by atoms with Gasteiger partial charge in [-0.3, -0.25) is 0 Å². The maximum absolute atomic E-state index is 5.28. The predicted octanol–water partition coefficient (Wildman–Crippen LogP) is 3.18. The molecule has 0 aliphatic heterocycles. The zero-order chi connectivity index (χ0) is 12.3. The molecule has 0 aromatic heterocycles. The van der Waals surface area contributed by atoms with Gasteiger partial charge >= 0.3 is 0 Å². The van der Waals surface area contributed by atoms with Crippen LogP contribution in [-0.4, -0.2) is 26.4 Å². The summed E-state index contributed by atoms with van der Waals surface area (Å²) in [5, 5.41) is 3.55. The van der Waals surface area contributed by atoms with E-state index >= 15 is 0 Å². The fourth-order valence-corrected chi connectivity index (χ4v) is 2.56. The average molecular weight is 300 g/mol. The van der Waals surface area contributed by atoms with Crippen molar-refractivity contribution in [1.29, 1.82) is 0 Å². The third kappa shape index (κ3) is 3.00. The molecule has 1 aliphatic carbocycles. The number of anilines is 1. The van der Waals surface area contributed by atoms with Crippen molar-refractivity contribution in [2.24, 2.45) is 0 Å². The average Bonchev–Trinajstić information content (AvgIpc) is 2.27. The lowest BCUT2D eigenvalue weighted by molar-refractivity contribution is 0.0328. The quantitative estimate of drug-likeness (QED) is 0.906. The Kier molecular flexibility index (Phi) is 4.42. The van der Waals surface area contributed by atoms with E-state index in [9.17, 15) is 0 Å². The number of nitrogens with one attached hydrogen (secondary N) is 1. The second kappa shape index (κ2) is 5.85. The standard InChI is InChI=1S/C13H18BrNO2/c1-16-8-11-12(14)4-3-5-13(11)15-9-6-10(7-9)17-2/h3-5,9-10,15H,6-8H2,1-2H3. The topological polar surface area (TPSA) is 30.5 Å². The van der Waals surface area contributed by atoms with E-state index in [4.69, 9.17) is 9.47 Å². The van der Waals surface area contributed by atoms with E-state index in [1.807, 2.05) is 12.1 Å². The molecule has 3 nitrogen and oxygen atoms in total. The van der Waals surface area contributed by atoms with Crippen LogP contribution >= 0.6 is 15.9 Å². The van der Waals surface area contributed by atoms with Gasteiger partial charge in [0.25, 0.3) is 0 Å². The van der Waals surface area contributed by atoms with Crippen LogP contribution in [0.25, 0.3) is 0 Å². The smallest absolute Gasteiger partial charge is 0.0744 e. The molecule has 1 N–H and O–H groups in total. The van der Waals surface area contributed by atoms with Crippen LogP contribution in [0.4, 0.5) is 5.69 Å². The summed E-state index contributed by atoms with van der Waals surface area (Å²) in [6.45, 7) is 0.615. The maximum atomic E-state index is 5.28. The van der Waals surface area contributed by atoms with E-state index < -0.39 is 0 Å². The van der Waals surface area contributed by atoms with E-state index in [1.165, 1.54) is 5.56 Å². The van der Waals surface area contributed by atoms with Crippen LogP contribution in [0.1, 0.15) is 18.4 Å². The molecule has 0 bridgehead atoms. The number of benzene rings is 1. The molecular weight excluding hydrogens is 282 g/mol. The van der Waals surface area contributed by atoms with Crippen molar-refractivity contribution >= 4 is 21.6 Å². The number of ether oxygens (including phenoxy) is 2. The zero-order valence-electron chi connectivity index (χ0n) is 10.2. The summed E-state index contributed by atoms with van der Waals surface area (Å²) in [4.78, 5) is 0. The number of methoxy groups -OCH3 is 2. The largest absolute Gasteiger partial charge is 0.382 e. The van der Waals surface area contributed by atoms with Gasteiger partial charge < -0.3 is 14.8 Å². The second-order valence-corrected chi connectivity index (χ2v) is 5.22. The molecule has 1 aromatic rings. The summed E-state index contributed by atoms with van der Waals surface area (Å²) in [7, 11) is 3.49. The van der Waals surface area contributed by atoms with Crippen molar-refractivity contribution in [1.82, 2.24) is 0 Å². The molecule has 0 heterocycles. The molecule has 1 saturated carbocycles. The van der Waals surface area contributed by atoms with Crippen molar-refractivity contribution in [3.63, 3.8) is 0 Å². The Bertz CT molecular complexity index is 378. The Morgan fingerprint density at radius 2 is 2.12 bits per heavy atom. The molecule has 0 radical (unpaired) electrons. The summed E-state index contributed by atoms with van der Waals surface area (Å²) in [6, 6.07) is 6.69. The van der Waals surface area contributed by atoms with Crippen LogP contribution in [-0.2, 0) is 16.1 Å². The lowest BCUT2D eigenvalue weighted by Crippen LogP contribution is -2.40. The molecule has 1 aliphatic rings. The lowest BCUT2D eigenvalue weighted by Gasteiger charge is -2.35.